The topological polar surface area (TPSA) is 44.5 Å². The molecule has 1 aromatic rings. The predicted molar refractivity (Wildman–Crippen MR) is 68.2 cm³/mol. The highest BCUT2D eigenvalue weighted by molar-refractivity contribution is 5.38. The van der Waals surface area contributed by atoms with Crippen LogP contribution in [0.15, 0.2) is 18.2 Å². The van der Waals surface area contributed by atoms with Crippen molar-refractivity contribution >= 4 is 0 Å². The van der Waals surface area contributed by atoms with E-state index in [1.165, 1.54) is 5.56 Å². The summed E-state index contributed by atoms with van der Waals surface area (Å²) in [5.74, 6) is 1.45. The van der Waals surface area contributed by atoms with Gasteiger partial charge in [-0.1, -0.05) is 12.1 Å². The summed E-state index contributed by atoms with van der Waals surface area (Å²) < 4.78 is 11.2. The number of hydrogen-bond donors (Lipinski definition) is 1. The second kappa shape index (κ2) is 5.52. The van der Waals surface area contributed by atoms with Crippen molar-refractivity contribution in [3.05, 3.63) is 29.3 Å². The predicted octanol–water partition coefficient (Wildman–Crippen LogP) is 2.43. The summed E-state index contributed by atoms with van der Waals surface area (Å²) in [6.07, 6.45) is 1.10. The highest BCUT2D eigenvalue weighted by atomic mass is 16.5. The van der Waals surface area contributed by atoms with Gasteiger partial charge in [0, 0.05) is 24.1 Å². The lowest BCUT2D eigenvalue weighted by molar-refractivity contribution is 0.166. The van der Waals surface area contributed by atoms with Gasteiger partial charge < -0.3 is 15.2 Å². The molecular weight excluding hydrogens is 214 g/mol. The quantitative estimate of drug-likeness (QED) is 0.871. The van der Waals surface area contributed by atoms with Gasteiger partial charge in [-0.05, 0) is 31.9 Å². The van der Waals surface area contributed by atoms with Crippen LogP contribution in [0.2, 0.25) is 0 Å². The smallest absolute Gasteiger partial charge is 0.124 e. The first-order valence-electron chi connectivity index (χ1n) is 6.23. The molecule has 1 fully saturated rings. The Bertz CT molecular complexity index is 370. The van der Waals surface area contributed by atoms with Crippen molar-refractivity contribution < 1.29 is 9.47 Å². The number of hydrogen-bond acceptors (Lipinski definition) is 3. The first-order chi connectivity index (χ1) is 8.16. The Balaban J connectivity index is 2.04. The van der Waals surface area contributed by atoms with E-state index in [1.807, 2.05) is 6.92 Å². The van der Waals surface area contributed by atoms with Gasteiger partial charge in [0.1, 0.15) is 5.75 Å². The van der Waals surface area contributed by atoms with Crippen LogP contribution in [0.25, 0.3) is 0 Å². The standard InChI is InChI=1S/C14H21NO2/c1-10-3-4-13(11(2)15)14(7-10)17-9-12-5-6-16-8-12/h3-4,7,11-12H,5-6,8-9,15H2,1-2H3/t11-,12?/m1/s1. The summed E-state index contributed by atoms with van der Waals surface area (Å²) in [5, 5.41) is 0. The summed E-state index contributed by atoms with van der Waals surface area (Å²) in [6.45, 7) is 6.46. The zero-order valence-corrected chi connectivity index (χ0v) is 10.6. The summed E-state index contributed by atoms with van der Waals surface area (Å²) in [4.78, 5) is 0. The molecule has 1 unspecified atom stereocenters. The summed E-state index contributed by atoms with van der Waals surface area (Å²) in [7, 11) is 0. The van der Waals surface area contributed by atoms with E-state index in [2.05, 4.69) is 25.1 Å². The van der Waals surface area contributed by atoms with Crippen LogP contribution in [-0.2, 0) is 4.74 Å². The molecule has 17 heavy (non-hydrogen) atoms. The van der Waals surface area contributed by atoms with Crippen molar-refractivity contribution in [3.8, 4) is 5.75 Å². The lowest BCUT2D eigenvalue weighted by Gasteiger charge is -2.16. The minimum Gasteiger partial charge on any atom is -0.493 e. The molecule has 1 heterocycles. The van der Waals surface area contributed by atoms with Crippen LogP contribution < -0.4 is 10.5 Å². The Kier molecular flexibility index (Phi) is 4.02. The molecule has 94 valence electrons. The number of rotatable bonds is 4. The third-order valence-corrected chi connectivity index (χ3v) is 3.16. The molecule has 3 heteroatoms. The van der Waals surface area contributed by atoms with Crippen LogP contribution in [0.1, 0.15) is 30.5 Å². The average Bonchev–Trinajstić information content (AvgIpc) is 2.78. The van der Waals surface area contributed by atoms with Gasteiger partial charge in [-0.2, -0.15) is 0 Å². The molecule has 0 spiro atoms. The van der Waals surface area contributed by atoms with Crippen LogP contribution in [0, 0.1) is 12.8 Å². The van der Waals surface area contributed by atoms with Crippen LogP contribution >= 0.6 is 0 Å². The zero-order chi connectivity index (χ0) is 12.3. The maximum absolute atomic E-state index is 5.94. The molecule has 0 bridgehead atoms. The van der Waals surface area contributed by atoms with Crippen molar-refractivity contribution in [3.63, 3.8) is 0 Å². The highest BCUT2D eigenvalue weighted by Crippen LogP contribution is 2.26. The Morgan fingerprint density at radius 3 is 3.00 bits per heavy atom. The maximum atomic E-state index is 5.94. The van der Waals surface area contributed by atoms with E-state index in [4.69, 9.17) is 15.2 Å². The molecule has 0 saturated carbocycles. The Morgan fingerprint density at radius 2 is 2.35 bits per heavy atom. The van der Waals surface area contributed by atoms with E-state index in [9.17, 15) is 0 Å². The molecule has 1 aromatic carbocycles. The monoisotopic (exact) mass is 235 g/mol. The molecule has 1 saturated heterocycles. The average molecular weight is 235 g/mol. The summed E-state index contributed by atoms with van der Waals surface area (Å²) in [5.41, 5.74) is 8.22. The summed E-state index contributed by atoms with van der Waals surface area (Å²) in [6, 6.07) is 6.20. The SMILES string of the molecule is Cc1ccc([C@@H](C)N)c(OCC2CCOC2)c1. The maximum Gasteiger partial charge on any atom is 0.124 e. The van der Waals surface area contributed by atoms with Crippen LogP contribution in [0.3, 0.4) is 0 Å². The first kappa shape index (κ1) is 12.4. The molecule has 0 radical (unpaired) electrons. The Hall–Kier alpha value is -1.06. The molecule has 0 aliphatic carbocycles. The minimum absolute atomic E-state index is 0.00503. The number of aryl methyl sites for hydroxylation is 1. The van der Waals surface area contributed by atoms with Gasteiger partial charge in [0.25, 0.3) is 0 Å². The fourth-order valence-electron chi connectivity index (χ4n) is 2.07. The van der Waals surface area contributed by atoms with E-state index < -0.39 is 0 Å². The third-order valence-electron chi connectivity index (χ3n) is 3.16. The van der Waals surface area contributed by atoms with Crippen molar-refractivity contribution in [1.82, 2.24) is 0 Å². The van der Waals surface area contributed by atoms with Crippen molar-refractivity contribution in [2.75, 3.05) is 19.8 Å². The van der Waals surface area contributed by atoms with Crippen molar-refractivity contribution in [1.29, 1.82) is 0 Å². The molecule has 1 aliphatic rings. The van der Waals surface area contributed by atoms with Crippen molar-refractivity contribution in [2.24, 2.45) is 11.7 Å². The van der Waals surface area contributed by atoms with Gasteiger partial charge in [0.15, 0.2) is 0 Å². The van der Waals surface area contributed by atoms with E-state index in [1.54, 1.807) is 0 Å². The molecular formula is C14H21NO2. The minimum atomic E-state index is 0.00503. The zero-order valence-electron chi connectivity index (χ0n) is 10.6. The second-order valence-corrected chi connectivity index (χ2v) is 4.87. The lowest BCUT2D eigenvalue weighted by atomic mass is 10.1. The molecule has 0 aromatic heterocycles. The number of ether oxygens (including phenoxy) is 2. The summed E-state index contributed by atoms with van der Waals surface area (Å²) >= 11 is 0. The fourth-order valence-corrected chi connectivity index (χ4v) is 2.07. The fraction of sp³-hybridized carbons (Fsp3) is 0.571. The largest absolute Gasteiger partial charge is 0.493 e. The van der Waals surface area contributed by atoms with Gasteiger partial charge in [0.05, 0.1) is 13.2 Å². The molecule has 0 amide bonds. The van der Waals surface area contributed by atoms with Gasteiger partial charge >= 0.3 is 0 Å². The number of benzene rings is 1. The third kappa shape index (κ3) is 3.20. The molecule has 2 atom stereocenters. The van der Waals surface area contributed by atoms with Crippen LogP contribution in [0.5, 0.6) is 5.75 Å². The molecule has 1 aliphatic heterocycles. The molecule has 2 rings (SSSR count). The van der Waals surface area contributed by atoms with E-state index in [0.29, 0.717) is 5.92 Å². The van der Waals surface area contributed by atoms with Crippen LogP contribution in [0.4, 0.5) is 0 Å². The van der Waals surface area contributed by atoms with Gasteiger partial charge in [0.2, 0.25) is 0 Å². The van der Waals surface area contributed by atoms with Crippen LogP contribution in [-0.4, -0.2) is 19.8 Å². The second-order valence-electron chi connectivity index (χ2n) is 4.87. The van der Waals surface area contributed by atoms with Crippen molar-refractivity contribution in [2.45, 2.75) is 26.3 Å². The van der Waals surface area contributed by atoms with E-state index in [0.717, 1.165) is 37.6 Å². The number of nitrogens with two attached hydrogens (primary N) is 1. The highest BCUT2D eigenvalue weighted by Gasteiger charge is 2.17. The molecule has 3 nitrogen and oxygen atoms in total. The van der Waals surface area contributed by atoms with Gasteiger partial charge in [-0.25, -0.2) is 0 Å². The normalized spacial score (nSPS) is 21.5. The van der Waals surface area contributed by atoms with Gasteiger partial charge in [-0.3, -0.25) is 0 Å². The van der Waals surface area contributed by atoms with E-state index in [-0.39, 0.29) is 6.04 Å². The Labute approximate surface area is 103 Å². The van der Waals surface area contributed by atoms with Gasteiger partial charge in [-0.15, -0.1) is 0 Å². The molecule has 2 N–H and O–H groups in total. The Morgan fingerprint density at radius 1 is 1.53 bits per heavy atom. The lowest BCUT2D eigenvalue weighted by Crippen LogP contribution is -2.14. The first-order valence-corrected chi connectivity index (χ1v) is 6.23. The van der Waals surface area contributed by atoms with E-state index >= 15 is 0 Å².